The molecule has 0 N–H and O–H groups in total. The van der Waals surface area contributed by atoms with Crippen LogP contribution in [0.3, 0.4) is 0 Å². The Balaban J connectivity index is 2.36. The van der Waals surface area contributed by atoms with Gasteiger partial charge in [0.1, 0.15) is 6.61 Å². The lowest BCUT2D eigenvalue weighted by Crippen LogP contribution is -2.03. The van der Waals surface area contributed by atoms with E-state index in [1.54, 1.807) is 23.9 Å². The molecule has 0 radical (unpaired) electrons. The minimum Gasteiger partial charge on any atom is -0.377 e. The number of hydrogen-bond acceptors (Lipinski definition) is 4. The summed E-state index contributed by atoms with van der Waals surface area (Å²) in [7, 11) is 1.60. The molecule has 0 saturated carbocycles. The fourth-order valence-corrected chi connectivity index (χ4v) is 1.33. The number of ether oxygens (including phenoxy) is 1. The zero-order valence-electron chi connectivity index (χ0n) is 8.09. The zero-order chi connectivity index (χ0) is 10.7. The molecule has 0 aliphatic rings. The Morgan fingerprint density at radius 1 is 1.33 bits per heavy atom. The summed E-state index contributed by atoms with van der Waals surface area (Å²) in [6.07, 6.45) is 0. The normalized spacial score (nSPS) is 10.5. The van der Waals surface area contributed by atoms with Gasteiger partial charge in [0.2, 0.25) is 0 Å². The van der Waals surface area contributed by atoms with Crippen molar-refractivity contribution in [2.45, 2.75) is 6.61 Å². The van der Waals surface area contributed by atoms with Gasteiger partial charge in [-0.1, -0.05) is 11.6 Å². The molecule has 1 aromatic carbocycles. The van der Waals surface area contributed by atoms with E-state index in [1.807, 2.05) is 12.1 Å². The highest BCUT2D eigenvalue weighted by Crippen LogP contribution is 2.13. The summed E-state index contributed by atoms with van der Waals surface area (Å²) >= 11 is 5.79. The minimum absolute atomic E-state index is 0.371. The first-order valence-corrected chi connectivity index (χ1v) is 4.71. The number of methoxy groups -OCH3 is 1. The van der Waals surface area contributed by atoms with Gasteiger partial charge >= 0.3 is 0 Å². The molecule has 0 spiro atoms. The van der Waals surface area contributed by atoms with E-state index in [0.29, 0.717) is 17.5 Å². The molecule has 1 aromatic heterocycles. The van der Waals surface area contributed by atoms with E-state index >= 15 is 0 Å². The highest BCUT2D eigenvalue weighted by Gasteiger charge is 2.06. The number of aromatic nitrogens is 4. The fraction of sp³-hybridized carbons (Fsp3) is 0.222. The third-order valence-corrected chi connectivity index (χ3v) is 2.13. The van der Waals surface area contributed by atoms with Crippen LogP contribution in [-0.2, 0) is 11.3 Å². The number of rotatable bonds is 3. The molecule has 0 aliphatic heterocycles. The summed E-state index contributed by atoms with van der Waals surface area (Å²) in [6, 6.07) is 7.26. The van der Waals surface area contributed by atoms with Crippen molar-refractivity contribution in [3.63, 3.8) is 0 Å². The van der Waals surface area contributed by atoms with Crippen molar-refractivity contribution >= 4 is 11.6 Å². The lowest BCUT2D eigenvalue weighted by molar-refractivity contribution is 0.175. The van der Waals surface area contributed by atoms with E-state index in [2.05, 4.69) is 15.5 Å². The van der Waals surface area contributed by atoms with Crippen LogP contribution in [0.5, 0.6) is 0 Å². The average Bonchev–Trinajstić information content (AvgIpc) is 2.68. The molecule has 2 rings (SSSR count). The minimum atomic E-state index is 0.371. The molecule has 0 aliphatic carbocycles. The fourth-order valence-electron chi connectivity index (χ4n) is 1.21. The first-order valence-electron chi connectivity index (χ1n) is 4.33. The van der Waals surface area contributed by atoms with Gasteiger partial charge in [-0.2, -0.15) is 4.68 Å². The molecular weight excluding hydrogens is 216 g/mol. The Kier molecular flexibility index (Phi) is 2.94. The second kappa shape index (κ2) is 4.37. The van der Waals surface area contributed by atoms with Crippen LogP contribution in [0.15, 0.2) is 24.3 Å². The van der Waals surface area contributed by atoms with Crippen molar-refractivity contribution in [2.75, 3.05) is 7.11 Å². The van der Waals surface area contributed by atoms with Gasteiger partial charge in [-0.05, 0) is 34.7 Å². The lowest BCUT2D eigenvalue weighted by Gasteiger charge is -2.03. The topological polar surface area (TPSA) is 52.8 Å². The summed E-state index contributed by atoms with van der Waals surface area (Å²) in [5, 5.41) is 12.0. The summed E-state index contributed by atoms with van der Waals surface area (Å²) < 4.78 is 6.59. The molecule has 1 heterocycles. The van der Waals surface area contributed by atoms with Gasteiger partial charge in [-0.3, -0.25) is 0 Å². The molecule has 6 heteroatoms. The van der Waals surface area contributed by atoms with Crippen LogP contribution in [0.1, 0.15) is 5.82 Å². The number of hydrogen-bond donors (Lipinski definition) is 0. The molecule has 15 heavy (non-hydrogen) atoms. The van der Waals surface area contributed by atoms with Gasteiger partial charge in [0.25, 0.3) is 0 Å². The molecule has 0 amide bonds. The second-order valence-electron chi connectivity index (χ2n) is 2.92. The molecule has 0 atom stereocenters. The van der Waals surface area contributed by atoms with Crippen molar-refractivity contribution in [3.8, 4) is 5.69 Å². The molecule has 0 bridgehead atoms. The standard InChI is InChI=1S/C9H9ClN4O/c1-15-6-9-11-12-13-14(9)8-4-2-7(10)3-5-8/h2-5H,6H2,1H3. The second-order valence-corrected chi connectivity index (χ2v) is 3.35. The van der Waals surface area contributed by atoms with Crippen LogP contribution in [0.4, 0.5) is 0 Å². The lowest BCUT2D eigenvalue weighted by atomic mass is 10.3. The molecular formula is C9H9ClN4O. The predicted octanol–water partition coefficient (Wildman–Crippen LogP) is 1.46. The molecule has 2 aromatic rings. The molecule has 0 unspecified atom stereocenters. The van der Waals surface area contributed by atoms with Crippen LogP contribution in [0.25, 0.3) is 5.69 Å². The third kappa shape index (κ3) is 2.14. The monoisotopic (exact) mass is 224 g/mol. The van der Waals surface area contributed by atoms with Crippen LogP contribution in [0, 0.1) is 0 Å². The molecule has 0 saturated heterocycles. The Morgan fingerprint density at radius 3 is 2.73 bits per heavy atom. The summed E-state index contributed by atoms with van der Waals surface area (Å²) in [5.41, 5.74) is 0.858. The first kappa shape index (κ1) is 10.1. The van der Waals surface area contributed by atoms with E-state index in [4.69, 9.17) is 16.3 Å². The first-order chi connectivity index (χ1) is 7.31. The maximum absolute atomic E-state index is 5.79. The molecule has 5 nitrogen and oxygen atoms in total. The average molecular weight is 225 g/mol. The van der Waals surface area contributed by atoms with Gasteiger partial charge in [-0.25, -0.2) is 0 Å². The van der Waals surface area contributed by atoms with Gasteiger partial charge in [0, 0.05) is 12.1 Å². The van der Waals surface area contributed by atoms with Crippen molar-refractivity contribution in [1.29, 1.82) is 0 Å². The van der Waals surface area contributed by atoms with Crippen molar-refractivity contribution in [3.05, 3.63) is 35.1 Å². The molecule has 0 fully saturated rings. The Morgan fingerprint density at radius 2 is 2.07 bits per heavy atom. The SMILES string of the molecule is COCc1nnnn1-c1ccc(Cl)cc1. The Bertz CT molecular complexity index is 440. The Labute approximate surface area is 91.6 Å². The largest absolute Gasteiger partial charge is 0.377 e. The van der Waals surface area contributed by atoms with Crippen molar-refractivity contribution < 1.29 is 4.74 Å². The van der Waals surface area contributed by atoms with Crippen LogP contribution in [0.2, 0.25) is 5.02 Å². The van der Waals surface area contributed by atoms with Gasteiger partial charge < -0.3 is 4.74 Å². The van der Waals surface area contributed by atoms with Crippen LogP contribution >= 0.6 is 11.6 Å². The van der Waals surface area contributed by atoms with Gasteiger partial charge in [0.05, 0.1) is 5.69 Å². The van der Waals surface area contributed by atoms with E-state index < -0.39 is 0 Å². The highest BCUT2D eigenvalue weighted by atomic mass is 35.5. The van der Waals surface area contributed by atoms with Crippen LogP contribution < -0.4 is 0 Å². The van der Waals surface area contributed by atoms with E-state index in [1.165, 1.54) is 0 Å². The summed E-state index contributed by atoms with van der Waals surface area (Å²) in [4.78, 5) is 0. The van der Waals surface area contributed by atoms with E-state index in [-0.39, 0.29) is 0 Å². The smallest absolute Gasteiger partial charge is 0.182 e. The number of benzene rings is 1. The van der Waals surface area contributed by atoms with Crippen LogP contribution in [-0.4, -0.2) is 27.3 Å². The van der Waals surface area contributed by atoms with Crippen molar-refractivity contribution in [2.24, 2.45) is 0 Å². The van der Waals surface area contributed by atoms with Gasteiger partial charge in [0.15, 0.2) is 5.82 Å². The number of tetrazole rings is 1. The van der Waals surface area contributed by atoms with E-state index in [0.717, 1.165) is 5.69 Å². The van der Waals surface area contributed by atoms with Gasteiger partial charge in [-0.15, -0.1) is 5.10 Å². The maximum Gasteiger partial charge on any atom is 0.182 e. The number of halogens is 1. The molecule has 78 valence electrons. The summed E-state index contributed by atoms with van der Waals surface area (Å²) in [6.45, 7) is 0.371. The highest BCUT2D eigenvalue weighted by molar-refractivity contribution is 6.30. The third-order valence-electron chi connectivity index (χ3n) is 1.88. The maximum atomic E-state index is 5.79. The quantitative estimate of drug-likeness (QED) is 0.792. The summed E-state index contributed by atoms with van der Waals surface area (Å²) in [5.74, 6) is 0.653. The van der Waals surface area contributed by atoms with E-state index in [9.17, 15) is 0 Å². The Hall–Kier alpha value is -1.46. The predicted molar refractivity (Wildman–Crippen MR) is 54.9 cm³/mol. The zero-order valence-corrected chi connectivity index (χ0v) is 8.85. The van der Waals surface area contributed by atoms with Crippen molar-refractivity contribution in [1.82, 2.24) is 20.2 Å². The number of nitrogens with zero attached hydrogens (tertiary/aromatic N) is 4.